The number of anilines is 2. The predicted molar refractivity (Wildman–Crippen MR) is 109 cm³/mol. The lowest BCUT2D eigenvalue weighted by atomic mass is 10.1. The molecule has 0 spiro atoms. The van der Waals surface area contributed by atoms with Gasteiger partial charge in [-0.05, 0) is 37.6 Å². The molecule has 1 aromatic heterocycles. The number of hydrogen-bond acceptors (Lipinski definition) is 4. The van der Waals surface area contributed by atoms with Crippen LogP contribution in [0.2, 0.25) is 0 Å². The highest BCUT2D eigenvalue weighted by molar-refractivity contribution is 6.01. The summed E-state index contributed by atoms with van der Waals surface area (Å²) in [6, 6.07) is 13.5. The second-order valence-corrected chi connectivity index (χ2v) is 6.23. The molecule has 0 aliphatic carbocycles. The zero-order valence-corrected chi connectivity index (χ0v) is 15.9. The van der Waals surface area contributed by atoms with Gasteiger partial charge in [-0.15, -0.1) is 0 Å². The molecule has 0 atom stereocenters. The van der Waals surface area contributed by atoms with Crippen LogP contribution in [-0.4, -0.2) is 24.4 Å². The molecule has 0 saturated heterocycles. The Morgan fingerprint density at radius 2 is 2.00 bits per heavy atom. The van der Waals surface area contributed by atoms with Crippen molar-refractivity contribution < 1.29 is 14.3 Å². The van der Waals surface area contributed by atoms with Gasteiger partial charge in [0.05, 0.1) is 30.6 Å². The minimum absolute atomic E-state index is 0.393. The van der Waals surface area contributed by atoms with Crippen molar-refractivity contribution in [3.63, 3.8) is 0 Å². The number of carbonyl (C=O) groups excluding carboxylic acids is 1. The van der Waals surface area contributed by atoms with Gasteiger partial charge in [0.15, 0.2) is 0 Å². The van der Waals surface area contributed by atoms with Crippen molar-refractivity contribution >= 4 is 28.4 Å². The lowest BCUT2D eigenvalue weighted by molar-refractivity contribution is 0.161. The fraction of sp³-hybridized carbons (Fsp3) is 0.286. The van der Waals surface area contributed by atoms with Gasteiger partial charge in [0.1, 0.15) is 5.75 Å². The summed E-state index contributed by atoms with van der Waals surface area (Å²) >= 11 is 0. The van der Waals surface area contributed by atoms with Gasteiger partial charge < -0.3 is 19.8 Å². The first kappa shape index (κ1) is 18.6. The van der Waals surface area contributed by atoms with Crippen molar-refractivity contribution in [1.82, 2.24) is 4.57 Å². The highest BCUT2D eigenvalue weighted by atomic mass is 16.5. The van der Waals surface area contributed by atoms with Crippen LogP contribution < -0.4 is 15.8 Å². The van der Waals surface area contributed by atoms with Crippen molar-refractivity contribution in [2.75, 3.05) is 24.8 Å². The number of rotatable bonds is 6. The summed E-state index contributed by atoms with van der Waals surface area (Å²) in [6.45, 7) is 5.18. The van der Waals surface area contributed by atoms with E-state index in [0.29, 0.717) is 18.0 Å². The quantitative estimate of drug-likeness (QED) is 0.651. The van der Waals surface area contributed by atoms with Crippen LogP contribution in [0.25, 0.3) is 22.2 Å². The Balaban J connectivity index is 2.03. The summed E-state index contributed by atoms with van der Waals surface area (Å²) in [5, 5.41) is 3.74. The lowest BCUT2D eigenvalue weighted by Gasteiger charge is -2.11. The summed E-state index contributed by atoms with van der Waals surface area (Å²) in [5.74, 6) is 0.787. The molecule has 27 heavy (non-hydrogen) atoms. The Bertz CT molecular complexity index is 963. The number of nitrogen functional groups attached to an aromatic ring is 1. The van der Waals surface area contributed by atoms with Gasteiger partial charge in [-0.2, -0.15) is 0 Å². The highest BCUT2D eigenvalue weighted by Gasteiger charge is 2.17. The standard InChI is InChI=1S/C21H25N3O3/c1-4-11-27-21(25)23-15-8-6-7-14(12-15)20-19(22)17-10-9-16(26-3)13-18(17)24(20)5-2/h6-10,12-13H,4-5,11,22H2,1-3H3,(H,23,25). The summed E-state index contributed by atoms with van der Waals surface area (Å²) in [7, 11) is 1.65. The molecule has 6 heteroatoms. The fourth-order valence-electron chi connectivity index (χ4n) is 3.22. The number of nitrogens with one attached hydrogen (secondary N) is 1. The highest BCUT2D eigenvalue weighted by Crippen LogP contribution is 2.38. The maximum Gasteiger partial charge on any atom is 0.411 e. The van der Waals surface area contributed by atoms with Crippen molar-refractivity contribution in [2.45, 2.75) is 26.8 Å². The van der Waals surface area contributed by atoms with Crippen molar-refractivity contribution in [1.29, 1.82) is 0 Å². The third-order valence-corrected chi connectivity index (χ3v) is 4.45. The summed E-state index contributed by atoms with van der Waals surface area (Å²) in [4.78, 5) is 11.8. The normalized spacial score (nSPS) is 10.8. The van der Waals surface area contributed by atoms with Crippen LogP contribution in [0.1, 0.15) is 20.3 Å². The first-order valence-corrected chi connectivity index (χ1v) is 9.09. The Morgan fingerprint density at radius 1 is 1.19 bits per heavy atom. The molecule has 1 amide bonds. The molecular formula is C21H25N3O3. The van der Waals surface area contributed by atoms with E-state index < -0.39 is 6.09 Å². The van der Waals surface area contributed by atoms with Crippen LogP contribution in [0, 0.1) is 0 Å². The van der Waals surface area contributed by atoms with Crippen LogP contribution in [0.4, 0.5) is 16.2 Å². The number of amides is 1. The Morgan fingerprint density at radius 3 is 2.70 bits per heavy atom. The third kappa shape index (κ3) is 3.69. The molecule has 0 bridgehead atoms. The third-order valence-electron chi connectivity index (χ3n) is 4.45. The van der Waals surface area contributed by atoms with Crippen LogP contribution in [0.5, 0.6) is 5.75 Å². The zero-order valence-electron chi connectivity index (χ0n) is 15.9. The SMILES string of the molecule is CCCOC(=O)Nc1cccc(-c2c(N)c3ccc(OC)cc3n2CC)c1. The van der Waals surface area contributed by atoms with E-state index in [9.17, 15) is 4.79 Å². The van der Waals surface area contributed by atoms with E-state index in [4.69, 9.17) is 15.2 Å². The molecule has 0 unspecified atom stereocenters. The molecule has 3 aromatic rings. The van der Waals surface area contributed by atoms with E-state index in [2.05, 4.69) is 16.8 Å². The molecule has 142 valence electrons. The predicted octanol–water partition coefficient (Wildman–Crippen LogP) is 4.88. The first-order valence-electron chi connectivity index (χ1n) is 9.09. The van der Waals surface area contributed by atoms with Crippen molar-refractivity contribution in [3.8, 4) is 17.0 Å². The van der Waals surface area contributed by atoms with E-state index in [0.717, 1.165) is 40.9 Å². The van der Waals surface area contributed by atoms with Gasteiger partial charge in [0.2, 0.25) is 0 Å². The smallest absolute Gasteiger partial charge is 0.411 e. The lowest BCUT2D eigenvalue weighted by Crippen LogP contribution is -2.14. The van der Waals surface area contributed by atoms with E-state index in [1.165, 1.54) is 0 Å². The van der Waals surface area contributed by atoms with Gasteiger partial charge in [0.25, 0.3) is 0 Å². The molecular weight excluding hydrogens is 342 g/mol. The molecule has 6 nitrogen and oxygen atoms in total. The average Bonchev–Trinajstić information content (AvgIpc) is 2.97. The molecule has 0 aliphatic heterocycles. The van der Waals surface area contributed by atoms with Crippen molar-refractivity contribution in [2.24, 2.45) is 0 Å². The maximum absolute atomic E-state index is 11.8. The molecule has 0 saturated carbocycles. The summed E-state index contributed by atoms with van der Waals surface area (Å²) in [6.07, 6.45) is 0.326. The minimum atomic E-state index is -0.456. The number of nitrogens with two attached hydrogens (primary N) is 1. The topological polar surface area (TPSA) is 78.5 Å². The molecule has 0 aliphatic rings. The van der Waals surface area contributed by atoms with E-state index in [-0.39, 0.29) is 0 Å². The monoisotopic (exact) mass is 367 g/mol. The van der Waals surface area contributed by atoms with E-state index in [1.807, 2.05) is 49.4 Å². The van der Waals surface area contributed by atoms with Gasteiger partial charge in [-0.1, -0.05) is 19.1 Å². The number of methoxy groups -OCH3 is 1. The first-order chi connectivity index (χ1) is 13.1. The Labute approximate surface area is 158 Å². The van der Waals surface area contributed by atoms with Crippen LogP contribution in [0.15, 0.2) is 42.5 Å². The summed E-state index contributed by atoms with van der Waals surface area (Å²) in [5.41, 5.74) is 10.7. The van der Waals surface area contributed by atoms with Crippen LogP contribution >= 0.6 is 0 Å². The summed E-state index contributed by atoms with van der Waals surface area (Å²) < 4.78 is 12.6. The molecule has 3 N–H and O–H groups in total. The Hall–Kier alpha value is -3.15. The number of ether oxygens (including phenoxy) is 2. The fourth-order valence-corrected chi connectivity index (χ4v) is 3.22. The molecule has 0 radical (unpaired) electrons. The number of benzene rings is 2. The molecule has 0 fully saturated rings. The van der Waals surface area contributed by atoms with Gasteiger partial charge in [0, 0.05) is 29.2 Å². The zero-order chi connectivity index (χ0) is 19.4. The number of hydrogen-bond donors (Lipinski definition) is 2. The number of aryl methyl sites for hydroxylation is 1. The van der Waals surface area contributed by atoms with Crippen LogP contribution in [-0.2, 0) is 11.3 Å². The minimum Gasteiger partial charge on any atom is -0.497 e. The number of nitrogens with zero attached hydrogens (tertiary/aromatic N) is 1. The largest absolute Gasteiger partial charge is 0.497 e. The van der Waals surface area contributed by atoms with Gasteiger partial charge in [-0.3, -0.25) is 5.32 Å². The molecule has 2 aromatic carbocycles. The average molecular weight is 367 g/mol. The van der Waals surface area contributed by atoms with E-state index in [1.54, 1.807) is 7.11 Å². The second kappa shape index (κ2) is 8.03. The number of fused-ring (bicyclic) bond motifs is 1. The second-order valence-electron chi connectivity index (χ2n) is 6.23. The van der Waals surface area contributed by atoms with E-state index >= 15 is 0 Å². The van der Waals surface area contributed by atoms with Crippen LogP contribution in [0.3, 0.4) is 0 Å². The Kier molecular flexibility index (Phi) is 5.54. The van der Waals surface area contributed by atoms with Crippen molar-refractivity contribution in [3.05, 3.63) is 42.5 Å². The number of aromatic nitrogens is 1. The van der Waals surface area contributed by atoms with Gasteiger partial charge >= 0.3 is 6.09 Å². The molecule has 1 heterocycles. The molecule has 3 rings (SSSR count). The van der Waals surface area contributed by atoms with Gasteiger partial charge in [-0.25, -0.2) is 4.79 Å². The maximum atomic E-state index is 11.8. The number of carbonyl (C=O) groups is 1.